The van der Waals surface area contributed by atoms with Crippen molar-refractivity contribution in [3.05, 3.63) is 65.7 Å². The number of nitrogens with zero attached hydrogens (tertiary/aromatic N) is 1. The fraction of sp³-hybridized carbons (Fsp3) is 0.217. The smallest absolute Gasteiger partial charge is 0.342 e. The lowest BCUT2D eigenvalue weighted by molar-refractivity contribution is -0.134. The Morgan fingerprint density at radius 2 is 1.87 bits per heavy atom. The lowest BCUT2D eigenvalue weighted by Crippen LogP contribution is -2.34. The van der Waals surface area contributed by atoms with Crippen LogP contribution in [0.1, 0.15) is 22.8 Å². The van der Waals surface area contributed by atoms with Gasteiger partial charge in [0.15, 0.2) is 18.1 Å². The Morgan fingerprint density at radius 3 is 2.70 bits per heavy atom. The molecule has 1 heterocycles. The maximum atomic E-state index is 12.6. The second-order valence-electron chi connectivity index (χ2n) is 6.85. The van der Waals surface area contributed by atoms with E-state index in [1.807, 2.05) is 31.2 Å². The van der Waals surface area contributed by atoms with Gasteiger partial charge >= 0.3 is 5.97 Å². The molecule has 7 nitrogen and oxygen atoms in total. The van der Waals surface area contributed by atoms with E-state index >= 15 is 0 Å². The molecule has 1 N–H and O–H groups in total. The van der Waals surface area contributed by atoms with Gasteiger partial charge in [-0.25, -0.2) is 4.79 Å². The number of phenols is 1. The van der Waals surface area contributed by atoms with Crippen molar-refractivity contribution >= 4 is 22.6 Å². The van der Waals surface area contributed by atoms with Crippen molar-refractivity contribution in [1.82, 2.24) is 4.90 Å². The third-order valence-corrected chi connectivity index (χ3v) is 4.99. The quantitative estimate of drug-likeness (QED) is 0.630. The number of carbonyl (C=O) groups is 2. The number of hydrogen-bond acceptors (Lipinski definition) is 6. The molecule has 7 heteroatoms. The number of aromatic hydroxyl groups is 1. The zero-order chi connectivity index (χ0) is 21.1. The Bertz CT molecular complexity index is 1110. The SMILES string of the molecule is CCN(Cc1ccc2c(c1)OCO2)C(=O)COC(=O)c1ccc2ccccc2c1O. The highest BCUT2D eigenvalue weighted by atomic mass is 16.7. The summed E-state index contributed by atoms with van der Waals surface area (Å²) in [7, 11) is 0. The van der Waals surface area contributed by atoms with E-state index in [1.165, 1.54) is 6.07 Å². The lowest BCUT2D eigenvalue weighted by atomic mass is 10.1. The summed E-state index contributed by atoms with van der Waals surface area (Å²) in [5.41, 5.74) is 0.910. The molecule has 3 aromatic rings. The molecule has 0 saturated heterocycles. The van der Waals surface area contributed by atoms with E-state index in [4.69, 9.17) is 14.2 Å². The molecule has 4 rings (SSSR count). The average Bonchev–Trinajstić information content (AvgIpc) is 3.24. The van der Waals surface area contributed by atoms with Crippen LogP contribution in [0.5, 0.6) is 17.2 Å². The van der Waals surface area contributed by atoms with Crippen LogP contribution in [0, 0.1) is 0 Å². The minimum atomic E-state index is -0.745. The first-order valence-electron chi connectivity index (χ1n) is 9.61. The highest BCUT2D eigenvalue weighted by Gasteiger charge is 2.20. The largest absolute Gasteiger partial charge is 0.506 e. The van der Waals surface area contributed by atoms with Crippen LogP contribution in [0.2, 0.25) is 0 Å². The summed E-state index contributed by atoms with van der Waals surface area (Å²) in [5, 5.41) is 11.8. The minimum Gasteiger partial charge on any atom is -0.506 e. The number of hydrogen-bond donors (Lipinski definition) is 1. The van der Waals surface area contributed by atoms with Crippen LogP contribution in [0.4, 0.5) is 0 Å². The number of benzene rings is 3. The fourth-order valence-electron chi connectivity index (χ4n) is 3.35. The maximum absolute atomic E-state index is 12.6. The molecular formula is C23H21NO6. The first kappa shape index (κ1) is 19.6. The number of rotatable bonds is 6. The van der Waals surface area contributed by atoms with Crippen LogP contribution < -0.4 is 9.47 Å². The molecule has 0 aromatic heterocycles. The first-order valence-corrected chi connectivity index (χ1v) is 9.61. The van der Waals surface area contributed by atoms with Crippen molar-refractivity contribution < 1.29 is 28.9 Å². The minimum absolute atomic E-state index is 0.0281. The fourth-order valence-corrected chi connectivity index (χ4v) is 3.35. The highest BCUT2D eigenvalue weighted by Crippen LogP contribution is 2.33. The van der Waals surface area contributed by atoms with Crippen LogP contribution in [0.15, 0.2) is 54.6 Å². The molecule has 0 radical (unpaired) electrons. The summed E-state index contributed by atoms with van der Waals surface area (Å²) < 4.78 is 15.8. The summed E-state index contributed by atoms with van der Waals surface area (Å²) in [6, 6.07) is 15.9. The van der Waals surface area contributed by atoms with Crippen molar-refractivity contribution in [2.75, 3.05) is 19.9 Å². The molecule has 1 aliphatic rings. The zero-order valence-corrected chi connectivity index (χ0v) is 16.5. The zero-order valence-electron chi connectivity index (χ0n) is 16.5. The van der Waals surface area contributed by atoms with Crippen molar-refractivity contribution in [2.45, 2.75) is 13.5 Å². The van der Waals surface area contributed by atoms with Gasteiger partial charge in [-0.2, -0.15) is 0 Å². The van der Waals surface area contributed by atoms with Gasteiger partial charge in [-0.3, -0.25) is 4.79 Å². The summed E-state index contributed by atoms with van der Waals surface area (Å²) >= 11 is 0. The Kier molecular flexibility index (Phi) is 5.43. The second-order valence-corrected chi connectivity index (χ2v) is 6.85. The summed E-state index contributed by atoms with van der Waals surface area (Å²) in [6.45, 7) is 2.43. The Morgan fingerprint density at radius 1 is 1.07 bits per heavy atom. The molecule has 0 spiro atoms. The molecule has 0 atom stereocenters. The normalized spacial score (nSPS) is 12.0. The summed E-state index contributed by atoms with van der Waals surface area (Å²) in [6.07, 6.45) is 0. The molecular weight excluding hydrogens is 386 g/mol. The van der Waals surface area contributed by atoms with E-state index in [0.717, 1.165) is 10.9 Å². The molecule has 0 unspecified atom stereocenters. The number of likely N-dealkylation sites (N-methyl/N-ethyl adjacent to an activating group) is 1. The maximum Gasteiger partial charge on any atom is 0.342 e. The van der Waals surface area contributed by atoms with E-state index in [2.05, 4.69) is 0 Å². The van der Waals surface area contributed by atoms with Gasteiger partial charge in [0.25, 0.3) is 5.91 Å². The van der Waals surface area contributed by atoms with Gasteiger partial charge in [-0.1, -0.05) is 36.4 Å². The second kappa shape index (κ2) is 8.32. The monoisotopic (exact) mass is 407 g/mol. The van der Waals surface area contributed by atoms with Crippen LogP contribution in [-0.2, 0) is 16.1 Å². The van der Waals surface area contributed by atoms with Gasteiger partial charge in [0.1, 0.15) is 11.3 Å². The van der Waals surface area contributed by atoms with Crippen LogP contribution in [-0.4, -0.2) is 41.8 Å². The predicted molar refractivity (Wildman–Crippen MR) is 110 cm³/mol. The van der Waals surface area contributed by atoms with E-state index in [-0.39, 0.29) is 24.0 Å². The number of ether oxygens (including phenoxy) is 3. The standard InChI is InChI=1S/C23H21NO6/c1-2-24(12-15-7-10-19-20(11-15)30-14-29-19)21(25)13-28-23(27)18-9-8-16-5-3-4-6-17(16)22(18)26/h3-11,26H,2,12-14H2,1H3. The first-order chi connectivity index (χ1) is 14.6. The molecule has 154 valence electrons. The van der Waals surface area contributed by atoms with E-state index in [0.29, 0.717) is 30.0 Å². The molecule has 3 aromatic carbocycles. The number of phenolic OH excluding ortho intramolecular Hbond substituents is 1. The molecule has 0 bridgehead atoms. The molecule has 0 aliphatic carbocycles. The van der Waals surface area contributed by atoms with Crippen molar-refractivity contribution in [3.8, 4) is 17.2 Å². The van der Waals surface area contributed by atoms with Crippen molar-refractivity contribution in [3.63, 3.8) is 0 Å². The van der Waals surface area contributed by atoms with Gasteiger partial charge < -0.3 is 24.2 Å². The molecule has 1 aliphatic heterocycles. The number of fused-ring (bicyclic) bond motifs is 2. The molecule has 1 amide bonds. The van der Waals surface area contributed by atoms with Gasteiger partial charge in [0.05, 0.1) is 0 Å². The number of amides is 1. The predicted octanol–water partition coefficient (Wildman–Crippen LogP) is 3.48. The third kappa shape index (κ3) is 3.87. The van der Waals surface area contributed by atoms with Crippen LogP contribution in [0.3, 0.4) is 0 Å². The Hall–Kier alpha value is -3.74. The van der Waals surface area contributed by atoms with E-state index in [9.17, 15) is 14.7 Å². The van der Waals surface area contributed by atoms with Gasteiger partial charge in [-0.05, 0) is 36.1 Å². The topological polar surface area (TPSA) is 85.3 Å². The van der Waals surface area contributed by atoms with Crippen LogP contribution in [0.25, 0.3) is 10.8 Å². The summed E-state index contributed by atoms with van der Waals surface area (Å²) in [4.78, 5) is 26.6. The van der Waals surface area contributed by atoms with Crippen molar-refractivity contribution in [1.29, 1.82) is 0 Å². The lowest BCUT2D eigenvalue weighted by Gasteiger charge is -2.21. The average molecular weight is 407 g/mol. The highest BCUT2D eigenvalue weighted by molar-refractivity contribution is 6.01. The molecule has 0 saturated carbocycles. The molecule has 30 heavy (non-hydrogen) atoms. The molecule has 0 fully saturated rings. The van der Waals surface area contributed by atoms with Gasteiger partial charge in [0, 0.05) is 18.5 Å². The van der Waals surface area contributed by atoms with E-state index < -0.39 is 12.6 Å². The van der Waals surface area contributed by atoms with Gasteiger partial charge in [-0.15, -0.1) is 0 Å². The Balaban J connectivity index is 1.40. The van der Waals surface area contributed by atoms with Crippen LogP contribution >= 0.6 is 0 Å². The summed E-state index contributed by atoms with van der Waals surface area (Å²) in [5.74, 6) is 0.0965. The number of esters is 1. The van der Waals surface area contributed by atoms with Gasteiger partial charge in [0.2, 0.25) is 6.79 Å². The Labute approximate surface area is 173 Å². The van der Waals surface area contributed by atoms with Crippen molar-refractivity contribution in [2.24, 2.45) is 0 Å². The van der Waals surface area contributed by atoms with E-state index in [1.54, 1.807) is 29.2 Å². The number of carbonyl (C=O) groups excluding carboxylic acids is 2. The third-order valence-electron chi connectivity index (χ3n) is 4.99.